The highest BCUT2D eigenvalue weighted by Gasteiger charge is 2.08. The van der Waals surface area contributed by atoms with Crippen LogP contribution in [0.1, 0.15) is 19.4 Å². The van der Waals surface area contributed by atoms with E-state index < -0.39 is 5.30 Å². The number of hydrogen-bond acceptors (Lipinski definition) is 8. The second-order valence-corrected chi connectivity index (χ2v) is 5.43. The fourth-order valence-corrected chi connectivity index (χ4v) is 1.32. The summed E-state index contributed by atoms with van der Waals surface area (Å²) in [4.78, 5) is 31.9. The molecule has 0 amide bonds. The predicted octanol–water partition coefficient (Wildman–Crippen LogP) is 2.33. The van der Waals surface area contributed by atoms with Gasteiger partial charge in [0.15, 0.2) is 0 Å². The average molecular weight is 357 g/mol. The summed E-state index contributed by atoms with van der Waals surface area (Å²) >= 11 is 0.932. The van der Waals surface area contributed by atoms with Crippen LogP contribution < -0.4 is 5.73 Å². The molecular weight excluding hydrogens is 334 g/mol. The highest BCUT2D eigenvalue weighted by molar-refractivity contribution is 8.12. The van der Waals surface area contributed by atoms with Crippen molar-refractivity contribution in [3.05, 3.63) is 35.9 Å². The van der Waals surface area contributed by atoms with Crippen LogP contribution in [0.4, 0.5) is 4.79 Å². The zero-order valence-corrected chi connectivity index (χ0v) is 14.8. The van der Waals surface area contributed by atoms with Crippen molar-refractivity contribution in [3.63, 3.8) is 0 Å². The Balaban J connectivity index is 0.000000441. The Morgan fingerprint density at radius 3 is 2.21 bits per heavy atom. The number of carbonyl (C=O) groups is 3. The Kier molecular flexibility index (Phi) is 12.2. The van der Waals surface area contributed by atoms with E-state index in [0.29, 0.717) is 6.61 Å². The van der Waals surface area contributed by atoms with Crippen LogP contribution in [0.2, 0.25) is 0 Å². The monoisotopic (exact) mass is 357 g/mol. The van der Waals surface area contributed by atoms with Gasteiger partial charge < -0.3 is 19.9 Å². The summed E-state index contributed by atoms with van der Waals surface area (Å²) in [7, 11) is 0. The van der Waals surface area contributed by atoms with Gasteiger partial charge in [-0.05, 0) is 23.6 Å². The molecule has 2 N–H and O–H groups in total. The number of ether oxygens (including phenoxy) is 3. The summed E-state index contributed by atoms with van der Waals surface area (Å²) in [6.07, 6.45) is 1.59. The molecule has 0 fully saturated rings. The van der Waals surface area contributed by atoms with Gasteiger partial charge in [-0.25, -0.2) is 4.79 Å². The van der Waals surface area contributed by atoms with E-state index in [1.54, 1.807) is 20.1 Å². The van der Waals surface area contributed by atoms with E-state index in [1.807, 2.05) is 30.3 Å². The van der Waals surface area contributed by atoms with Gasteiger partial charge in [-0.15, -0.1) is 0 Å². The number of carbonyl (C=O) groups excluding carboxylic acids is 3. The molecule has 0 spiro atoms. The molecule has 0 aliphatic rings. The highest BCUT2D eigenvalue weighted by atomic mass is 32.2. The maximum atomic E-state index is 10.8. The Morgan fingerprint density at radius 2 is 1.71 bits per heavy atom. The smallest absolute Gasteiger partial charge is 0.369 e. The van der Waals surface area contributed by atoms with Gasteiger partial charge in [0.2, 0.25) is 6.79 Å². The molecule has 0 saturated heterocycles. The quantitative estimate of drug-likeness (QED) is 0.611. The lowest BCUT2D eigenvalue weighted by Crippen LogP contribution is -2.16. The topological polar surface area (TPSA) is 105 Å². The van der Waals surface area contributed by atoms with Gasteiger partial charge in [-0.3, -0.25) is 9.59 Å². The Morgan fingerprint density at radius 1 is 1.08 bits per heavy atom. The molecular formula is C16H23NO6S. The molecule has 0 heterocycles. The summed E-state index contributed by atoms with van der Waals surface area (Å²) in [6, 6.07) is 9.49. The minimum atomic E-state index is -0.452. The van der Waals surface area contributed by atoms with Crippen LogP contribution in [0.5, 0.6) is 0 Å². The SMILES string of the molecule is CSC(=O)OCOC(=O)C(C)C.NCC(=O)OCc1ccccc1. The van der Waals surface area contributed by atoms with E-state index in [2.05, 4.69) is 9.47 Å². The second-order valence-electron chi connectivity index (χ2n) is 4.68. The maximum absolute atomic E-state index is 10.8. The van der Waals surface area contributed by atoms with Crippen molar-refractivity contribution in [1.82, 2.24) is 0 Å². The Labute approximate surface area is 145 Å². The lowest BCUT2D eigenvalue weighted by Gasteiger charge is -2.06. The third-order valence-electron chi connectivity index (χ3n) is 2.43. The fourth-order valence-electron chi connectivity index (χ4n) is 1.16. The molecule has 0 unspecified atom stereocenters. The molecule has 7 nitrogen and oxygen atoms in total. The molecule has 1 rings (SSSR count). The van der Waals surface area contributed by atoms with Crippen molar-refractivity contribution in [2.45, 2.75) is 20.5 Å². The Hall–Kier alpha value is -2.06. The van der Waals surface area contributed by atoms with E-state index in [4.69, 9.17) is 10.5 Å². The fraction of sp³-hybridized carbons (Fsp3) is 0.438. The summed E-state index contributed by atoms with van der Waals surface area (Å²) in [5.41, 5.74) is 6.03. The first-order chi connectivity index (χ1) is 11.4. The number of esters is 2. The molecule has 0 radical (unpaired) electrons. The van der Waals surface area contributed by atoms with Crippen molar-refractivity contribution < 1.29 is 28.6 Å². The molecule has 1 aromatic rings. The Bertz CT molecular complexity index is 507. The van der Waals surface area contributed by atoms with Gasteiger partial charge in [0.1, 0.15) is 6.61 Å². The summed E-state index contributed by atoms with van der Waals surface area (Å²) in [6.45, 7) is 3.36. The number of hydrogen-bond donors (Lipinski definition) is 1. The van der Waals surface area contributed by atoms with Gasteiger partial charge in [-0.2, -0.15) is 0 Å². The molecule has 8 heteroatoms. The van der Waals surface area contributed by atoms with Crippen molar-refractivity contribution in [2.24, 2.45) is 11.7 Å². The van der Waals surface area contributed by atoms with Gasteiger partial charge in [0.25, 0.3) is 0 Å². The third-order valence-corrected chi connectivity index (χ3v) is 2.88. The summed E-state index contributed by atoms with van der Waals surface area (Å²) in [5, 5.41) is -0.452. The number of benzene rings is 1. The van der Waals surface area contributed by atoms with Gasteiger partial charge in [0.05, 0.1) is 12.5 Å². The first-order valence-electron chi connectivity index (χ1n) is 7.17. The molecule has 0 atom stereocenters. The van der Waals surface area contributed by atoms with E-state index in [1.165, 1.54) is 0 Å². The maximum Gasteiger partial charge on any atom is 0.369 e. The molecule has 0 bridgehead atoms. The molecule has 24 heavy (non-hydrogen) atoms. The zero-order valence-electron chi connectivity index (χ0n) is 14.0. The van der Waals surface area contributed by atoms with Crippen molar-refractivity contribution in [3.8, 4) is 0 Å². The standard InChI is InChI=1S/C9H11NO2.C7H12O4S/c10-6-9(11)12-7-8-4-2-1-3-5-8;1-5(2)6(8)10-4-11-7(9)12-3/h1-5H,6-7,10H2;5H,4H2,1-3H3. The normalized spacial score (nSPS) is 9.54. The zero-order chi connectivity index (χ0) is 18.4. The van der Waals surface area contributed by atoms with Crippen LogP contribution in [0.15, 0.2) is 30.3 Å². The third kappa shape index (κ3) is 11.5. The van der Waals surface area contributed by atoms with Crippen LogP contribution >= 0.6 is 11.8 Å². The van der Waals surface area contributed by atoms with E-state index in [-0.39, 0.29) is 31.2 Å². The average Bonchev–Trinajstić information content (AvgIpc) is 2.60. The minimum Gasteiger partial charge on any atom is -0.460 e. The molecule has 134 valence electrons. The number of nitrogens with two attached hydrogens (primary N) is 1. The van der Waals surface area contributed by atoms with Gasteiger partial charge in [-0.1, -0.05) is 44.2 Å². The van der Waals surface area contributed by atoms with E-state index >= 15 is 0 Å². The van der Waals surface area contributed by atoms with Crippen LogP contribution in [0.3, 0.4) is 0 Å². The number of rotatable bonds is 6. The molecule has 0 aliphatic heterocycles. The van der Waals surface area contributed by atoms with Crippen molar-refractivity contribution in [1.29, 1.82) is 0 Å². The van der Waals surface area contributed by atoms with Crippen molar-refractivity contribution >= 4 is 29.0 Å². The van der Waals surface area contributed by atoms with E-state index in [0.717, 1.165) is 17.3 Å². The first kappa shape index (κ1) is 21.9. The summed E-state index contributed by atoms with van der Waals surface area (Å²) < 4.78 is 13.9. The van der Waals surface area contributed by atoms with Gasteiger partial charge >= 0.3 is 17.2 Å². The lowest BCUT2D eigenvalue weighted by molar-refractivity contribution is -0.155. The second kappa shape index (κ2) is 13.4. The summed E-state index contributed by atoms with van der Waals surface area (Å²) in [5.74, 6) is -0.944. The van der Waals surface area contributed by atoms with Crippen LogP contribution in [-0.2, 0) is 30.4 Å². The van der Waals surface area contributed by atoms with Crippen molar-refractivity contribution in [2.75, 3.05) is 19.6 Å². The van der Waals surface area contributed by atoms with Crippen LogP contribution in [0, 0.1) is 5.92 Å². The number of thioether (sulfide) groups is 1. The first-order valence-corrected chi connectivity index (χ1v) is 8.40. The minimum absolute atomic E-state index is 0.0627. The largest absolute Gasteiger partial charge is 0.460 e. The van der Waals surface area contributed by atoms with E-state index in [9.17, 15) is 14.4 Å². The predicted molar refractivity (Wildman–Crippen MR) is 91.1 cm³/mol. The molecule has 0 saturated carbocycles. The van der Waals surface area contributed by atoms with Crippen LogP contribution in [-0.4, -0.2) is 36.8 Å². The molecule has 1 aromatic carbocycles. The lowest BCUT2D eigenvalue weighted by atomic mass is 10.2. The molecule has 0 aliphatic carbocycles. The highest BCUT2D eigenvalue weighted by Crippen LogP contribution is 2.01. The van der Waals surface area contributed by atoms with Crippen LogP contribution in [0.25, 0.3) is 0 Å². The van der Waals surface area contributed by atoms with Gasteiger partial charge in [0, 0.05) is 0 Å². The molecule has 0 aromatic heterocycles.